The Morgan fingerprint density at radius 3 is 2.43 bits per heavy atom. The Morgan fingerprint density at radius 2 is 1.67 bits per heavy atom. The molecule has 5 nitrogen and oxygen atoms in total. The first-order chi connectivity index (χ1) is 14.6. The molecule has 2 atom stereocenters. The van der Waals surface area contributed by atoms with Crippen molar-refractivity contribution in [2.45, 2.75) is 18.4 Å². The van der Waals surface area contributed by atoms with Crippen LogP contribution in [-0.4, -0.2) is 33.8 Å². The van der Waals surface area contributed by atoms with E-state index >= 15 is 0 Å². The number of carboxylic acids is 1. The van der Waals surface area contributed by atoms with Crippen molar-refractivity contribution in [1.82, 2.24) is 10.3 Å². The molecule has 0 radical (unpaired) electrons. The van der Waals surface area contributed by atoms with Gasteiger partial charge >= 0.3 is 5.97 Å². The molecular formula is C24H22N2O3S. The molecule has 152 valence electrons. The minimum Gasteiger partial charge on any atom is -0.480 e. The van der Waals surface area contributed by atoms with Crippen LogP contribution in [-0.2, 0) is 16.0 Å². The van der Waals surface area contributed by atoms with Gasteiger partial charge in [0.05, 0.1) is 5.92 Å². The van der Waals surface area contributed by atoms with Crippen LogP contribution in [0.5, 0.6) is 0 Å². The summed E-state index contributed by atoms with van der Waals surface area (Å²) in [4.78, 5) is 28.2. The van der Waals surface area contributed by atoms with Crippen molar-refractivity contribution in [3.05, 3.63) is 84.1 Å². The van der Waals surface area contributed by atoms with Crippen molar-refractivity contribution in [1.29, 1.82) is 0 Å². The molecule has 4 aromatic rings. The van der Waals surface area contributed by atoms with E-state index in [1.54, 1.807) is 6.20 Å². The van der Waals surface area contributed by atoms with Gasteiger partial charge in [0.2, 0.25) is 5.91 Å². The van der Waals surface area contributed by atoms with Gasteiger partial charge in [0.25, 0.3) is 0 Å². The van der Waals surface area contributed by atoms with Gasteiger partial charge in [0.1, 0.15) is 6.04 Å². The Bertz CT molecular complexity index is 1210. The van der Waals surface area contributed by atoms with Crippen molar-refractivity contribution in [3.8, 4) is 0 Å². The predicted molar refractivity (Wildman–Crippen MR) is 122 cm³/mol. The average Bonchev–Trinajstić information content (AvgIpc) is 3.17. The normalized spacial score (nSPS) is 13.2. The molecule has 3 N–H and O–H groups in total. The standard InChI is InChI=1S/C24H22N2O3S/c27-23(20(14-30)19-10-5-7-15-6-1-2-8-17(15)19)26-22(24(28)29)12-16-13-25-21-11-4-3-9-18(16)21/h1-11,13,20,22,25,30H,12,14H2,(H,26,27)(H,28,29)/t20?,22-/m0/s1. The van der Waals surface area contributed by atoms with Gasteiger partial charge in [-0.05, 0) is 28.0 Å². The first-order valence-corrected chi connectivity index (χ1v) is 10.4. The first-order valence-electron chi connectivity index (χ1n) is 9.75. The van der Waals surface area contributed by atoms with E-state index in [1.165, 1.54) is 0 Å². The summed E-state index contributed by atoms with van der Waals surface area (Å²) in [6.45, 7) is 0. The molecule has 4 rings (SSSR count). The monoisotopic (exact) mass is 418 g/mol. The van der Waals surface area contributed by atoms with E-state index in [9.17, 15) is 14.7 Å². The van der Waals surface area contributed by atoms with Crippen LogP contribution in [0.3, 0.4) is 0 Å². The van der Waals surface area contributed by atoms with Crippen LogP contribution < -0.4 is 5.32 Å². The number of aliphatic carboxylic acids is 1. The summed E-state index contributed by atoms with van der Waals surface area (Å²) in [5.74, 6) is -1.68. The van der Waals surface area contributed by atoms with Crippen LogP contribution in [0.2, 0.25) is 0 Å². The van der Waals surface area contributed by atoms with Crippen LogP contribution >= 0.6 is 12.6 Å². The van der Waals surface area contributed by atoms with Crippen molar-refractivity contribution in [2.75, 3.05) is 5.75 Å². The second kappa shape index (κ2) is 8.63. The van der Waals surface area contributed by atoms with Crippen LogP contribution in [0.4, 0.5) is 0 Å². The molecule has 6 heteroatoms. The van der Waals surface area contributed by atoms with Crippen molar-refractivity contribution >= 4 is 46.2 Å². The zero-order valence-corrected chi connectivity index (χ0v) is 17.1. The van der Waals surface area contributed by atoms with Gasteiger partial charge in [0.15, 0.2) is 0 Å². The fourth-order valence-corrected chi connectivity index (χ4v) is 4.23. The predicted octanol–water partition coefficient (Wildman–Crippen LogP) is 4.15. The molecule has 0 aliphatic rings. The van der Waals surface area contributed by atoms with Gasteiger partial charge in [-0.25, -0.2) is 4.79 Å². The summed E-state index contributed by atoms with van der Waals surface area (Å²) in [5, 5.41) is 15.4. The van der Waals surface area contributed by atoms with Gasteiger partial charge in [-0.3, -0.25) is 4.79 Å². The minimum atomic E-state index is -1.07. The van der Waals surface area contributed by atoms with Crippen LogP contribution in [0.1, 0.15) is 17.0 Å². The number of para-hydroxylation sites is 1. The maximum absolute atomic E-state index is 13.1. The smallest absolute Gasteiger partial charge is 0.326 e. The average molecular weight is 419 g/mol. The summed E-state index contributed by atoms with van der Waals surface area (Å²) in [6.07, 6.45) is 1.99. The molecule has 1 heterocycles. The molecule has 0 bridgehead atoms. The third kappa shape index (κ3) is 3.91. The summed E-state index contributed by atoms with van der Waals surface area (Å²) >= 11 is 4.39. The van der Waals surface area contributed by atoms with E-state index in [0.717, 1.165) is 32.8 Å². The quantitative estimate of drug-likeness (QED) is 0.340. The summed E-state index contributed by atoms with van der Waals surface area (Å²) < 4.78 is 0. The maximum Gasteiger partial charge on any atom is 0.326 e. The number of thiol groups is 1. The van der Waals surface area contributed by atoms with Crippen LogP contribution in [0, 0.1) is 0 Å². The zero-order chi connectivity index (χ0) is 21.1. The second-order valence-corrected chi connectivity index (χ2v) is 7.63. The molecule has 1 amide bonds. The molecule has 0 aliphatic carbocycles. The third-order valence-electron chi connectivity index (χ3n) is 5.41. The Labute approximate surface area is 179 Å². The maximum atomic E-state index is 13.1. The molecule has 0 saturated heterocycles. The molecule has 0 spiro atoms. The van der Waals surface area contributed by atoms with E-state index in [1.807, 2.05) is 66.7 Å². The molecule has 0 fully saturated rings. The number of carboxylic acid groups (broad SMARTS) is 1. The molecular weight excluding hydrogens is 396 g/mol. The summed E-state index contributed by atoms with van der Waals surface area (Å²) in [5.41, 5.74) is 2.63. The van der Waals surface area contributed by atoms with Gasteiger partial charge in [0, 0.05) is 29.3 Å². The number of benzene rings is 3. The van der Waals surface area contributed by atoms with E-state index in [0.29, 0.717) is 0 Å². The number of H-pyrrole nitrogens is 1. The van der Waals surface area contributed by atoms with Crippen LogP contribution in [0.15, 0.2) is 72.9 Å². The number of fused-ring (bicyclic) bond motifs is 2. The number of rotatable bonds is 7. The Morgan fingerprint density at radius 1 is 0.967 bits per heavy atom. The Hall–Kier alpha value is -3.25. The molecule has 0 saturated carbocycles. The highest BCUT2D eigenvalue weighted by molar-refractivity contribution is 7.80. The number of carbonyl (C=O) groups excluding carboxylic acids is 1. The molecule has 30 heavy (non-hydrogen) atoms. The molecule has 0 aliphatic heterocycles. The van der Waals surface area contributed by atoms with Crippen molar-refractivity contribution < 1.29 is 14.7 Å². The van der Waals surface area contributed by atoms with Gasteiger partial charge in [-0.2, -0.15) is 12.6 Å². The third-order valence-corrected chi connectivity index (χ3v) is 5.78. The lowest BCUT2D eigenvalue weighted by Crippen LogP contribution is -2.44. The molecule has 1 unspecified atom stereocenters. The van der Waals surface area contributed by atoms with E-state index in [-0.39, 0.29) is 18.1 Å². The summed E-state index contributed by atoms with van der Waals surface area (Å²) in [7, 11) is 0. The van der Waals surface area contributed by atoms with Crippen LogP contribution in [0.25, 0.3) is 21.7 Å². The largest absolute Gasteiger partial charge is 0.480 e. The highest BCUT2D eigenvalue weighted by Gasteiger charge is 2.27. The number of aromatic amines is 1. The number of nitrogens with one attached hydrogen (secondary N) is 2. The minimum absolute atomic E-state index is 0.194. The second-order valence-electron chi connectivity index (χ2n) is 7.27. The lowest BCUT2D eigenvalue weighted by molar-refractivity contribution is -0.141. The highest BCUT2D eigenvalue weighted by Crippen LogP contribution is 2.27. The fourth-order valence-electron chi connectivity index (χ4n) is 3.87. The zero-order valence-electron chi connectivity index (χ0n) is 16.2. The fraction of sp³-hybridized carbons (Fsp3) is 0.167. The lowest BCUT2D eigenvalue weighted by atomic mass is 9.93. The highest BCUT2D eigenvalue weighted by atomic mass is 32.1. The van der Waals surface area contributed by atoms with Gasteiger partial charge in [-0.15, -0.1) is 0 Å². The van der Waals surface area contributed by atoms with Gasteiger partial charge < -0.3 is 15.4 Å². The molecule has 1 aromatic heterocycles. The number of hydrogen-bond acceptors (Lipinski definition) is 3. The van der Waals surface area contributed by atoms with E-state index < -0.39 is 17.9 Å². The topological polar surface area (TPSA) is 82.2 Å². The first kappa shape index (κ1) is 20.0. The Balaban J connectivity index is 1.59. The van der Waals surface area contributed by atoms with E-state index in [2.05, 4.69) is 22.9 Å². The van der Waals surface area contributed by atoms with E-state index in [4.69, 9.17) is 0 Å². The number of carbonyl (C=O) groups is 2. The number of aromatic nitrogens is 1. The number of amides is 1. The number of hydrogen-bond donors (Lipinski definition) is 4. The van der Waals surface area contributed by atoms with Crippen molar-refractivity contribution in [2.24, 2.45) is 0 Å². The Kier molecular flexibility index (Phi) is 5.77. The lowest BCUT2D eigenvalue weighted by Gasteiger charge is -2.20. The van der Waals surface area contributed by atoms with Gasteiger partial charge in [-0.1, -0.05) is 60.7 Å². The summed E-state index contributed by atoms with van der Waals surface area (Å²) in [6, 6.07) is 20.3. The molecule has 3 aromatic carbocycles. The van der Waals surface area contributed by atoms with Crippen molar-refractivity contribution in [3.63, 3.8) is 0 Å². The SMILES string of the molecule is O=C(N[C@@H](Cc1c[nH]c2ccccc12)C(=O)O)C(CS)c1cccc2ccccc12.